The summed E-state index contributed by atoms with van der Waals surface area (Å²) in [5.41, 5.74) is 1.74. The van der Waals surface area contributed by atoms with Gasteiger partial charge in [-0.05, 0) is 12.1 Å². The zero-order chi connectivity index (χ0) is 12.4. The van der Waals surface area contributed by atoms with E-state index in [2.05, 4.69) is 5.16 Å². The number of hydrogen-bond acceptors (Lipinski definition) is 6. The van der Waals surface area contributed by atoms with Crippen LogP contribution in [0, 0.1) is 0 Å². The molecule has 8 heteroatoms. The maximum atomic E-state index is 8.00. The van der Waals surface area contributed by atoms with Crippen LogP contribution in [-0.2, 0) is 15.3 Å². The second-order valence-corrected chi connectivity index (χ2v) is 3.06. The predicted molar refractivity (Wildman–Crippen MR) is 78.2 cm³/mol. The summed E-state index contributed by atoms with van der Waals surface area (Å²) in [4.78, 5) is 16.0. The largest absolute Gasteiger partial charge is 0.356 e. The summed E-state index contributed by atoms with van der Waals surface area (Å²) in [5.74, 6) is 0.691. The van der Waals surface area contributed by atoms with Crippen molar-refractivity contribution in [2.24, 2.45) is 5.14 Å². The molecule has 0 radical (unpaired) electrons. The van der Waals surface area contributed by atoms with Gasteiger partial charge < -0.3 is 14.1 Å². The summed E-state index contributed by atoms with van der Waals surface area (Å²) in [6, 6.07) is 7.77. The molecular weight excluding hydrogens is 299 g/mol. The number of hydrogen-bond donors (Lipinski definition) is 1. The van der Waals surface area contributed by atoms with Crippen LogP contribution in [-0.4, -0.2) is 18.7 Å². The van der Waals surface area contributed by atoms with E-state index < -0.39 is 0 Å². The van der Waals surface area contributed by atoms with Crippen molar-refractivity contribution in [3.05, 3.63) is 30.0 Å². The molecule has 0 spiro atoms. The van der Waals surface area contributed by atoms with Crippen molar-refractivity contribution in [3.8, 4) is 0 Å². The van der Waals surface area contributed by atoms with Gasteiger partial charge in [0.15, 0.2) is 5.58 Å². The molecule has 1 aromatic heterocycles. The molecule has 2 N–H and O–H groups in total. The van der Waals surface area contributed by atoms with Crippen molar-refractivity contribution in [3.63, 3.8) is 0 Å². The normalized spacial score (nSPS) is 7.61. The molecule has 0 aliphatic heterocycles. The van der Waals surface area contributed by atoms with E-state index in [0.29, 0.717) is 5.75 Å². The number of benzene rings is 1. The summed E-state index contributed by atoms with van der Waals surface area (Å²) < 4.78 is 5.08. The highest BCUT2D eigenvalue weighted by molar-refractivity contribution is 7.96. The highest BCUT2D eigenvalue weighted by Gasteiger charge is 2.05. The van der Waals surface area contributed by atoms with Gasteiger partial charge in [0.25, 0.3) is 0 Å². The Morgan fingerprint density at radius 3 is 2.28 bits per heavy atom. The van der Waals surface area contributed by atoms with Crippen molar-refractivity contribution in [2.75, 3.05) is 0 Å². The summed E-state index contributed by atoms with van der Waals surface area (Å²) in [6.07, 6.45) is 0. The molecule has 0 aliphatic carbocycles. The van der Waals surface area contributed by atoms with Gasteiger partial charge in [0.1, 0.15) is 19.3 Å². The lowest BCUT2D eigenvalue weighted by molar-refractivity contribution is -0.0987. The van der Waals surface area contributed by atoms with Crippen molar-refractivity contribution >= 4 is 61.3 Å². The van der Waals surface area contributed by atoms with Crippen molar-refractivity contribution in [2.45, 2.75) is 5.75 Å². The van der Waals surface area contributed by atoms with Gasteiger partial charge in [0, 0.05) is 5.39 Å². The van der Waals surface area contributed by atoms with E-state index in [1.807, 2.05) is 37.8 Å². The fourth-order valence-electron chi connectivity index (χ4n) is 1.12. The van der Waals surface area contributed by atoms with Crippen LogP contribution in [0.5, 0.6) is 0 Å². The quantitative estimate of drug-likeness (QED) is 0.857. The lowest BCUT2D eigenvalue weighted by Gasteiger charge is -1.89. The average Bonchev–Trinajstić information content (AvgIpc) is 2.79. The van der Waals surface area contributed by atoms with E-state index >= 15 is 0 Å². The third kappa shape index (κ3) is 6.02. The summed E-state index contributed by atoms with van der Waals surface area (Å²) in [5, 5.41) is 10.3. The summed E-state index contributed by atoms with van der Waals surface area (Å²) >= 11 is 1.25. The monoisotopic (exact) mass is 312 g/mol. The van der Waals surface area contributed by atoms with E-state index in [9.17, 15) is 0 Å². The first-order chi connectivity index (χ1) is 7.92. The van der Waals surface area contributed by atoms with Crippen molar-refractivity contribution in [1.29, 1.82) is 0 Å². The average molecular weight is 313 g/mol. The topological polar surface area (TPSA) is 86.2 Å². The number of halogens is 2. The number of carbonyl (C=O) groups is 2. The Labute approximate surface area is 121 Å². The molecule has 0 atom stereocenters. The SMILES string of the molecule is C=O.C=O.Cl.Cl.NSCc1noc2ccccc12. The molecule has 0 saturated heterocycles. The standard InChI is InChI=1S/C8H8N2OS.2CH2O.2ClH/c9-12-5-7-6-3-1-2-4-8(6)11-10-7;2*1-2;;/h1-4H,5,9H2;2*1H2;2*1H. The molecule has 18 heavy (non-hydrogen) atoms. The minimum absolute atomic E-state index is 0. The maximum Gasteiger partial charge on any atom is 0.167 e. The molecule has 0 fully saturated rings. The van der Waals surface area contributed by atoms with Crippen LogP contribution >= 0.6 is 36.8 Å². The molecule has 2 rings (SSSR count). The third-order valence-corrected chi connectivity index (χ3v) is 2.11. The summed E-state index contributed by atoms with van der Waals surface area (Å²) in [7, 11) is 0. The molecule has 1 aromatic carbocycles. The highest BCUT2D eigenvalue weighted by Crippen LogP contribution is 2.19. The van der Waals surface area contributed by atoms with Crippen LogP contribution in [0.2, 0.25) is 0 Å². The molecule has 0 aliphatic rings. The Kier molecular flexibility index (Phi) is 17.2. The number of nitrogens with zero attached hydrogens (tertiary/aromatic N) is 1. The Bertz CT molecular complexity index is 426. The van der Waals surface area contributed by atoms with Gasteiger partial charge in [-0.15, -0.1) is 24.8 Å². The molecule has 1 heterocycles. The zero-order valence-corrected chi connectivity index (χ0v) is 11.9. The second kappa shape index (κ2) is 14.0. The highest BCUT2D eigenvalue weighted by atomic mass is 35.5. The molecule has 0 bridgehead atoms. The first-order valence-corrected chi connectivity index (χ1v) is 5.19. The zero-order valence-electron chi connectivity index (χ0n) is 9.40. The van der Waals surface area contributed by atoms with Crippen LogP contribution in [0.15, 0.2) is 28.8 Å². The van der Waals surface area contributed by atoms with Crippen molar-refractivity contribution < 1.29 is 14.1 Å². The number of rotatable bonds is 2. The van der Waals surface area contributed by atoms with Gasteiger partial charge in [-0.25, -0.2) is 0 Å². The molecular formula is C10H14Cl2N2O3S. The number of nitrogens with two attached hydrogens (primary N) is 1. The lowest BCUT2D eigenvalue weighted by Crippen LogP contribution is -1.84. The van der Waals surface area contributed by atoms with Crippen LogP contribution in [0.25, 0.3) is 11.0 Å². The maximum absolute atomic E-state index is 8.00. The van der Waals surface area contributed by atoms with Gasteiger partial charge >= 0.3 is 0 Å². The Morgan fingerprint density at radius 2 is 1.72 bits per heavy atom. The van der Waals surface area contributed by atoms with E-state index in [0.717, 1.165) is 16.7 Å². The van der Waals surface area contributed by atoms with E-state index in [1.54, 1.807) is 0 Å². The van der Waals surface area contributed by atoms with E-state index in [4.69, 9.17) is 19.3 Å². The minimum atomic E-state index is 0. The third-order valence-electron chi connectivity index (χ3n) is 1.67. The fourth-order valence-corrected chi connectivity index (χ4v) is 1.49. The molecule has 0 amide bonds. The smallest absolute Gasteiger partial charge is 0.167 e. The van der Waals surface area contributed by atoms with Gasteiger partial charge in [-0.1, -0.05) is 29.2 Å². The molecule has 2 aromatic rings. The van der Waals surface area contributed by atoms with Crippen LogP contribution in [0.4, 0.5) is 0 Å². The van der Waals surface area contributed by atoms with Gasteiger partial charge in [0.2, 0.25) is 0 Å². The lowest BCUT2D eigenvalue weighted by atomic mass is 10.2. The molecule has 5 nitrogen and oxygen atoms in total. The van der Waals surface area contributed by atoms with Gasteiger partial charge in [0.05, 0.1) is 5.75 Å². The fraction of sp³-hybridized carbons (Fsp3) is 0.100. The molecule has 102 valence electrons. The van der Waals surface area contributed by atoms with Crippen LogP contribution in [0.1, 0.15) is 5.69 Å². The number of aromatic nitrogens is 1. The number of para-hydroxylation sites is 1. The number of carbonyl (C=O) groups excluding carboxylic acids is 2. The van der Waals surface area contributed by atoms with Crippen molar-refractivity contribution in [1.82, 2.24) is 5.16 Å². The first kappa shape index (κ1) is 22.1. The predicted octanol–water partition coefficient (Wildman–Crippen LogP) is 2.41. The first-order valence-electron chi connectivity index (χ1n) is 4.14. The summed E-state index contributed by atoms with van der Waals surface area (Å²) in [6.45, 7) is 4.00. The van der Waals surface area contributed by atoms with E-state index in [-0.39, 0.29) is 24.8 Å². The molecule has 0 saturated carbocycles. The van der Waals surface area contributed by atoms with Gasteiger partial charge in [-0.3, -0.25) is 5.14 Å². The second-order valence-electron chi connectivity index (χ2n) is 2.44. The van der Waals surface area contributed by atoms with Crippen LogP contribution in [0.3, 0.4) is 0 Å². The van der Waals surface area contributed by atoms with E-state index in [1.165, 1.54) is 11.9 Å². The van der Waals surface area contributed by atoms with Gasteiger partial charge in [-0.2, -0.15) is 0 Å². The number of fused-ring (bicyclic) bond motifs is 1. The van der Waals surface area contributed by atoms with Crippen LogP contribution < -0.4 is 5.14 Å². The minimum Gasteiger partial charge on any atom is -0.356 e. The Balaban J connectivity index is -0.000000344. The Hall–Kier alpha value is -1.08. The molecule has 0 unspecified atom stereocenters. The Morgan fingerprint density at radius 1 is 1.17 bits per heavy atom.